The van der Waals surface area contributed by atoms with E-state index in [-0.39, 0.29) is 41.3 Å². The Labute approximate surface area is 171 Å². The number of benzene rings is 1. The lowest BCUT2D eigenvalue weighted by Gasteiger charge is -2.42. The van der Waals surface area contributed by atoms with Gasteiger partial charge in [0.1, 0.15) is 5.60 Å². The molecule has 152 valence electrons. The standard InChI is InChI=1S/C17H24N4O4.2ClH/c1-25-17(5-7-18-8-6-17)16(22)20-11-9-19(10-12-20)14-3-2-4-15(13-14)21(23)24;;/h2-4,13,18H,5-12H2,1H3;2*1H. The number of carbonyl (C=O) groups is 1. The van der Waals surface area contributed by atoms with Crippen LogP contribution in [0.3, 0.4) is 0 Å². The van der Waals surface area contributed by atoms with Crippen LogP contribution in [0.4, 0.5) is 11.4 Å². The smallest absolute Gasteiger partial charge is 0.271 e. The average molecular weight is 421 g/mol. The highest BCUT2D eigenvalue weighted by atomic mass is 35.5. The molecule has 0 spiro atoms. The first-order chi connectivity index (χ1) is 12.1. The minimum Gasteiger partial charge on any atom is -0.368 e. The molecule has 0 aliphatic carbocycles. The van der Waals surface area contributed by atoms with E-state index in [4.69, 9.17) is 4.74 Å². The highest BCUT2D eigenvalue weighted by molar-refractivity contribution is 5.86. The minimum absolute atomic E-state index is 0. The van der Waals surface area contributed by atoms with Gasteiger partial charge < -0.3 is 19.9 Å². The molecule has 2 fully saturated rings. The average Bonchev–Trinajstić information content (AvgIpc) is 2.68. The number of nitrogens with one attached hydrogen (secondary N) is 1. The van der Waals surface area contributed by atoms with E-state index >= 15 is 0 Å². The van der Waals surface area contributed by atoms with Crippen LogP contribution in [0.2, 0.25) is 0 Å². The Bertz CT molecular complexity index is 648. The second-order valence-electron chi connectivity index (χ2n) is 6.50. The largest absolute Gasteiger partial charge is 0.368 e. The Balaban J connectivity index is 0.00000182. The molecule has 1 aromatic rings. The summed E-state index contributed by atoms with van der Waals surface area (Å²) >= 11 is 0. The Kier molecular flexibility index (Phi) is 8.74. The van der Waals surface area contributed by atoms with Crippen molar-refractivity contribution in [1.82, 2.24) is 10.2 Å². The number of nitro benzene ring substituents is 1. The van der Waals surface area contributed by atoms with E-state index in [1.165, 1.54) is 6.07 Å². The zero-order valence-electron chi connectivity index (χ0n) is 15.3. The number of carbonyl (C=O) groups excluding carboxylic acids is 1. The highest BCUT2D eigenvalue weighted by Crippen LogP contribution is 2.27. The van der Waals surface area contributed by atoms with E-state index in [1.54, 1.807) is 19.2 Å². The van der Waals surface area contributed by atoms with Gasteiger partial charge in [-0.05, 0) is 32.0 Å². The highest BCUT2D eigenvalue weighted by Gasteiger charge is 2.43. The van der Waals surface area contributed by atoms with Crippen molar-refractivity contribution < 1.29 is 14.5 Å². The number of nitrogens with zero attached hydrogens (tertiary/aromatic N) is 3. The summed E-state index contributed by atoms with van der Waals surface area (Å²) in [5.74, 6) is 0.0650. The maximum atomic E-state index is 13.0. The number of ether oxygens (including phenoxy) is 1. The molecule has 0 unspecified atom stereocenters. The van der Waals surface area contributed by atoms with Gasteiger partial charge >= 0.3 is 0 Å². The quantitative estimate of drug-likeness (QED) is 0.590. The van der Waals surface area contributed by atoms with Crippen LogP contribution in [0.5, 0.6) is 0 Å². The SMILES string of the molecule is COC1(C(=O)N2CCN(c3cccc([N+](=O)[O-])c3)CC2)CCNCC1.Cl.Cl. The Morgan fingerprint density at radius 3 is 2.37 bits per heavy atom. The maximum Gasteiger partial charge on any atom is 0.271 e. The third kappa shape index (κ3) is 5.01. The number of amides is 1. The molecule has 0 atom stereocenters. The molecule has 3 rings (SSSR count). The summed E-state index contributed by atoms with van der Waals surface area (Å²) in [4.78, 5) is 27.5. The summed E-state index contributed by atoms with van der Waals surface area (Å²) in [6, 6.07) is 6.64. The van der Waals surface area contributed by atoms with Gasteiger partial charge in [-0.3, -0.25) is 14.9 Å². The van der Waals surface area contributed by atoms with Crippen LogP contribution < -0.4 is 10.2 Å². The lowest BCUT2D eigenvalue weighted by molar-refractivity contribution is -0.384. The number of nitro groups is 1. The zero-order chi connectivity index (χ0) is 17.9. The molecule has 1 amide bonds. The topological polar surface area (TPSA) is 88.0 Å². The molecule has 2 saturated heterocycles. The Morgan fingerprint density at radius 2 is 1.81 bits per heavy atom. The van der Waals surface area contributed by atoms with Crippen LogP contribution in [-0.2, 0) is 9.53 Å². The lowest BCUT2D eigenvalue weighted by Crippen LogP contribution is -2.59. The van der Waals surface area contributed by atoms with Gasteiger partial charge in [-0.15, -0.1) is 24.8 Å². The number of hydrogen-bond donors (Lipinski definition) is 1. The van der Waals surface area contributed by atoms with Crippen molar-refractivity contribution in [3.63, 3.8) is 0 Å². The van der Waals surface area contributed by atoms with Crippen molar-refractivity contribution in [3.05, 3.63) is 34.4 Å². The predicted octanol–water partition coefficient (Wildman–Crippen LogP) is 1.86. The van der Waals surface area contributed by atoms with Gasteiger partial charge in [0.15, 0.2) is 0 Å². The summed E-state index contributed by atoms with van der Waals surface area (Å²) in [6.07, 6.45) is 1.38. The van der Waals surface area contributed by atoms with Gasteiger partial charge in [0.05, 0.1) is 4.92 Å². The van der Waals surface area contributed by atoms with Crippen LogP contribution in [0, 0.1) is 10.1 Å². The fraction of sp³-hybridized carbons (Fsp3) is 0.588. The molecule has 0 saturated carbocycles. The van der Waals surface area contributed by atoms with Crippen LogP contribution in [0.1, 0.15) is 12.8 Å². The number of piperidine rings is 1. The van der Waals surface area contributed by atoms with E-state index in [9.17, 15) is 14.9 Å². The summed E-state index contributed by atoms with van der Waals surface area (Å²) < 4.78 is 5.63. The van der Waals surface area contributed by atoms with Crippen LogP contribution in [0.15, 0.2) is 24.3 Å². The molecule has 0 radical (unpaired) electrons. The van der Waals surface area contributed by atoms with Crippen molar-refractivity contribution in [2.24, 2.45) is 0 Å². The fourth-order valence-corrected chi connectivity index (χ4v) is 3.60. The van der Waals surface area contributed by atoms with Crippen molar-refractivity contribution in [3.8, 4) is 0 Å². The van der Waals surface area contributed by atoms with Crippen LogP contribution in [-0.4, -0.2) is 67.7 Å². The molecule has 8 nitrogen and oxygen atoms in total. The predicted molar refractivity (Wildman–Crippen MR) is 108 cm³/mol. The van der Waals surface area contributed by atoms with Crippen molar-refractivity contribution in [2.75, 3.05) is 51.3 Å². The number of piperazine rings is 1. The van der Waals surface area contributed by atoms with Gasteiger partial charge in [0.2, 0.25) is 0 Å². The molecule has 0 aromatic heterocycles. The Hall–Kier alpha value is -1.61. The number of non-ortho nitro benzene ring substituents is 1. The number of halogens is 2. The normalized spacial score (nSPS) is 18.9. The minimum atomic E-state index is -0.709. The number of rotatable bonds is 4. The Morgan fingerprint density at radius 1 is 1.19 bits per heavy atom. The van der Waals surface area contributed by atoms with Crippen LogP contribution >= 0.6 is 24.8 Å². The van der Waals surface area contributed by atoms with Gasteiger partial charge in [-0.2, -0.15) is 0 Å². The number of methoxy groups -OCH3 is 1. The van der Waals surface area contributed by atoms with E-state index in [2.05, 4.69) is 10.2 Å². The summed E-state index contributed by atoms with van der Waals surface area (Å²) in [6.45, 7) is 4.08. The van der Waals surface area contributed by atoms with Crippen LogP contribution in [0.25, 0.3) is 0 Å². The maximum absolute atomic E-state index is 13.0. The van der Waals surface area contributed by atoms with Gasteiger partial charge in [-0.25, -0.2) is 0 Å². The van der Waals surface area contributed by atoms with E-state index in [0.717, 1.165) is 18.8 Å². The molecule has 10 heteroatoms. The first kappa shape index (κ1) is 23.4. The number of anilines is 1. The molecule has 2 heterocycles. The molecular weight excluding hydrogens is 395 g/mol. The monoisotopic (exact) mass is 420 g/mol. The van der Waals surface area contributed by atoms with Crippen molar-refractivity contribution in [2.45, 2.75) is 18.4 Å². The third-order valence-electron chi connectivity index (χ3n) is 5.16. The first-order valence-electron chi connectivity index (χ1n) is 8.60. The summed E-state index contributed by atoms with van der Waals surface area (Å²) in [7, 11) is 1.61. The van der Waals surface area contributed by atoms with Crippen molar-refractivity contribution in [1.29, 1.82) is 0 Å². The summed E-state index contributed by atoms with van der Waals surface area (Å²) in [5.41, 5.74) is 0.201. The number of hydrogen-bond acceptors (Lipinski definition) is 6. The zero-order valence-corrected chi connectivity index (χ0v) is 16.9. The van der Waals surface area contributed by atoms with E-state index in [1.807, 2.05) is 11.0 Å². The lowest BCUT2D eigenvalue weighted by atomic mass is 9.90. The van der Waals surface area contributed by atoms with Gasteiger partial charge in [0, 0.05) is 51.1 Å². The van der Waals surface area contributed by atoms with Gasteiger partial charge in [0.25, 0.3) is 11.6 Å². The fourth-order valence-electron chi connectivity index (χ4n) is 3.60. The second kappa shape index (κ2) is 10.1. The second-order valence-corrected chi connectivity index (χ2v) is 6.50. The molecule has 2 aliphatic heterocycles. The van der Waals surface area contributed by atoms with Crippen molar-refractivity contribution >= 4 is 42.1 Å². The molecular formula is C17H26Cl2N4O4. The molecule has 1 N–H and O–H groups in total. The van der Waals surface area contributed by atoms with Gasteiger partial charge in [-0.1, -0.05) is 6.07 Å². The first-order valence-corrected chi connectivity index (χ1v) is 8.60. The summed E-state index contributed by atoms with van der Waals surface area (Å²) in [5, 5.41) is 14.2. The van der Waals surface area contributed by atoms with E-state index in [0.29, 0.717) is 39.0 Å². The molecule has 1 aromatic carbocycles. The van der Waals surface area contributed by atoms with E-state index < -0.39 is 5.60 Å². The molecule has 0 bridgehead atoms. The molecule has 27 heavy (non-hydrogen) atoms. The molecule has 2 aliphatic rings. The third-order valence-corrected chi connectivity index (χ3v) is 5.16.